The van der Waals surface area contributed by atoms with E-state index in [-0.39, 0.29) is 0 Å². The van der Waals surface area contributed by atoms with Crippen molar-refractivity contribution in [3.05, 3.63) is 3.92 Å². The normalized spacial score (nSPS) is 10.4. The van der Waals surface area contributed by atoms with Gasteiger partial charge < -0.3 is 10.1 Å². The zero-order valence-electron chi connectivity index (χ0n) is 8.12. The summed E-state index contributed by atoms with van der Waals surface area (Å²) in [5, 5.41) is 11.7. The van der Waals surface area contributed by atoms with E-state index in [1.165, 1.54) is 17.8 Å². The molecule has 0 amide bonds. The highest BCUT2D eigenvalue weighted by molar-refractivity contribution is 9.11. The third kappa shape index (κ3) is 4.88. The number of halogens is 1. The Bertz CT molecular complexity index is 256. The van der Waals surface area contributed by atoms with Crippen molar-refractivity contribution in [3.63, 3.8) is 0 Å². The molecule has 0 atom stereocenters. The molecule has 0 aliphatic rings. The van der Waals surface area contributed by atoms with E-state index in [0.29, 0.717) is 0 Å². The fourth-order valence-electron chi connectivity index (χ4n) is 0.855. The molecule has 0 fully saturated rings. The van der Waals surface area contributed by atoms with Gasteiger partial charge in [0.2, 0.25) is 5.13 Å². The summed E-state index contributed by atoms with van der Waals surface area (Å²) in [5.74, 6) is 0. The maximum absolute atomic E-state index is 5.38. The van der Waals surface area contributed by atoms with Crippen LogP contribution in [0.25, 0.3) is 0 Å². The molecule has 0 aliphatic heterocycles. The first-order valence-corrected chi connectivity index (χ1v) is 6.24. The van der Waals surface area contributed by atoms with Gasteiger partial charge in [-0.15, -0.1) is 10.2 Å². The molecule has 1 N–H and O–H groups in total. The van der Waals surface area contributed by atoms with Crippen LogP contribution in [0, 0.1) is 0 Å². The lowest BCUT2D eigenvalue weighted by Gasteiger charge is -2.03. The fourth-order valence-corrected chi connectivity index (χ4v) is 1.89. The summed E-state index contributed by atoms with van der Waals surface area (Å²) in [5.41, 5.74) is 0. The van der Waals surface area contributed by atoms with Crippen LogP contribution in [0.5, 0.6) is 0 Å². The fraction of sp³-hybridized carbons (Fsp3) is 0.750. The summed E-state index contributed by atoms with van der Waals surface area (Å²) in [6.07, 6.45) is 2.31. The van der Waals surface area contributed by atoms with E-state index in [2.05, 4.69) is 38.4 Å². The molecule has 0 aromatic carbocycles. The monoisotopic (exact) mass is 279 g/mol. The summed E-state index contributed by atoms with van der Waals surface area (Å²) in [6, 6.07) is 0. The van der Waals surface area contributed by atoms with Gasteiger partial charge in [-0.3, -0.25) is 0 Å². The van der Waals surface area contributed by atoms with Gasteiger partial charge in [0.15, 0.2) is 3.92 Å². The third-order valence-corrected chi connectivity index (χ3v) is 2.88. The van der Waals surface area contributed by atoms with Crippen molar-refractivity contribution in [2.45, 2.75) is 19.8 Å². The summed E-state index contributed by atoms with van der Waals surface area (Å²) >= 11 is 4.73. The van der Waals surface area contributed by atoms with Gasteiger partial charge in [0.25, 0.3) is 0 Å². The predicted molar refractivity (Wildman–Crippen MR) is 61.8 cm³/mol. The third-order valence-electron chi connectivity index (χ3n) is 1.57. The Kier molecular flexibility index (Phi) is 6.05. The van der Waals surface area contributed by atoms with E-state index in [4.69, 9.17) is 4.74 Å². The second-order valence-corrected chi connectivity index (χ2v) is 5.01. The summed E-state index contributed by atoms with van der Waals surface area (Å²) in [7, 11) is 0. The summed E-state index contributed by atoms with van der Waals surface area (Å²) in [4.78, 5) is 0. The molecule has 0 spiro atoms. The second-order valence-electron chi connectivity index (χ2n) is 2.75. The van der Waals surface area contributed by atoms with E-state index in [1.54, 1.807) is 0 Å². The SMILES string of the molecule is CCCCOCCNc1nnc(Br)s1. The van der Waals surface area contributed by atoms with Gasteiger partial charge in [-0.05, 0) is 22.4 Å². The molecule has 0 saturated heterocycles. The van der Waals surface area contributed by atoms with Crippen molar-refractivity contribution in [1.29, 1.82) is 0 Å². The minimum Gasteiger partial charge on any atom is -0.380 e. The van der Waals surface area contributed by atoms with Gasteiger partial charge in [0, 0.05) is 13.2 Å². The Morgan fingerprint density at radius 2 is 2.29 bits per heavy atom. The molecule has 0 unspecified atom stereocenters. The van der Waals surface area contributed by atoms with Gasteiger partial charge in [-0.2, -0.15) is 0 Å². The highest BCUT2D eigenvalue weighted by Gasteiger charge is 1.98. The molecule has 1 rings (SSSR count). The Morgan fingerprint density at radius 3 is 2.93 bits per heavy atom. The van der Waals surface area contributed by atoms with Gasteiger partial charge in [-0.25, -0.2) is 0 Å². The number of rotatable bonds is 7. The van der Waals surface area contributed by atoms with E-state index in [9.17, 15) is 0 Å². The van der Waals surface area contributed by atoms with Gasteiger partial charge in [0.05, 0.1) is 6.61 Å². The highest BCUT2D eigenvalue weighted by Crippen LogP contribution is 2.19. The zero-order valence-corrected chi connectivity index (χ0v) is 10.5. The smallest absolute Gasteiger partial charge is 0.206 e. The quantitative estimate of drug-likeness (QED) is 0.780. The number of anilines is 1. The molecular formula is C8H14BrN3OS. The van der Waals surface area contributed by atoms with Crippen LogP contribution in [0.3, 0.4) is 0 Å². The molecule has 6 heteroatoms. The molecule has 0 aliphatic carbocycles. The first kappa shape index (κ1) is 11.9. The van der Waals surface area contributed by atoms with Crippen molar-refractivity contribution < 1.29 is 4.74 Å². The molecule has 4 nitrogen and oxygen atoms in total. The summed E-state index contributed by atoms with van der Waals surface area (Å²) < 4.78 is 6.18. The van der Waals surface area contributed by atoms with E-state index < -0.39 is 0 Å². The molecule has 0 radical (unpaired) electrons. The number of hydrogen-bond donors (Lipinski definition) is 1. The number of nitrogens with zero attached hydrogens (tertiary/aromatic N) is 2. The van der Waals surface area contributed by atoms with E-state index >= 15 is 0 Å². The zero-order chi connectivity index (χ0) is 10.2. The van der Waals surface area contributed by atoms with Crippen LogP contribution >= 0.6 is 27.3 Å². The lowest BCUT2D eigenvalue weighted by atomic mass is 10.4. The van der Waals surface area contributed by atoms with Crippen molar-refractivity contribution in [2.24, 2.45) is 0 Å². The first-order valence-electron chi connectivity index (χ1n) is 4.63. The number of ether oxygens (including phenoxy) is 1. The Morgan fingerprint density at radius 1 is 1.43 bits per heavy atom. The van der Waals surface area contributed by atoms with Crippen LogP contribution in [0.2, 0.25) is 0 Å². The molecular weight excluding hydrogens is 266 g/mol. The Hall–Kier alpha value is -0.200. The van der Waals surface area contributed by atoms with Crippen LogP contribution in [-0.4, -0.2) is 30.0 Å². The number of nitrogens with one attached hydrogen (secondary N) is 1. The van der Waals surface area contributed by atoms with E-state index in [0.717, 1.165) is 35.2 Å². The molecule has 1 heterocycles. The van der Waals surface area contributed by atoms with E-state index in [1.807, 2.05) is 0 Å². The maximum atomic E-state index is 5.38. The van der Waals surface area contributed by atoms with Crippen LogP contribution in [-0.2, 0) is 4.74 Å². The van der Waals surface area contributed by atoms with Crippen LogP contribution < -0.4 is 5.32 Å². The van der Waals surface area contributed by atoms with Crippen molar-refractivity contribution in [1.82, 2.24) is 10.2 Å². The minimum absolute atomic E-state index is 0.719. The minimum atomic E-state index is 0.719. The average Bonchev–Trinajstić information content (AvgIpc) is 2.58. The average molecular weight is 280 g/mol. The standard InChI is InChI=1S/C8H14BrN3OS/c1-2-3-5-13-6-4-10-8-12-11-7(9)14-8/h2-6H2,1H3,(H,10,12). The number of aromatic nitrogens is 2. The van der Waals surface area contributed by atoms with Gasteiger partial charge >= 0.3 is 0 Å². The molecule has 1 aromatic heterocycles. The molecule has 0 saturated carbocycles. The highest BCUT2D eigenvalue weighted by atomic mass is 79.9. The van der Waals surface area contributed by atoms with Crippen LogP contribution in [0.1, 0.15) is 19.8 Å². The number of unbranched alkanes of at least 4 members (excludes halogenated alkanes) is 1. The lowest BCUT2D eigenvalue weighted by Crippen LogP contribution is -2.09. The van der Waals surface area contributed by atoms with Crippen molar-refractivity contribution in [3.8, 4) is 0 Å². The second kappa shape index (κ2) is 7.14. The maximum Gasteiger partial charge on any atom is 0.206 e. The van der Waals surface area contributed by atoms with Crippen molar-refractivity contribution in [2.75, 3.05) is 25.1 Å². The largest absolute Gasteiger partial charge is 0.380 e. The topological polar surface area (TPSA) is 47.0 Å². The lowest BCUT2D eigenvalue weighted by molar-refractivity contribution is 0.141. The Labute approximate surface area is 96.2 Å². The predicted octanol–water partition coefficient (Wildman–Crippen LogP) is 2.53. The van der Waals surface area contributed by atoms with Crippen LogP contribution in [0.4, 0.5) is 5.13 Å². The molecule has 0 bridgehead atoms. The van der Waals surface area contributed by atoms with Crippen molar-refractivity contribution >= 4 is 32.4 Å². The molecule has 14 heavy (non-hydrogen) atoms. The summed E-state index contributed by atoms with van der Waals surface area (Å²) in [6.45, 7) is 4.50. The van der Waals surface area contributed by atoms with Gasteiger partial charge in [0.1, 0.15) is 0 Å². The molecule has 80 valence electrons. The Balaban J connectivity index is 1.99. The first-order chi connectivity index (χ1) is 6.83. The number of hydrogen-bond acceptors (Lipinski definition) is 5. The molecule has 1 aromatic rings. The van der Waals surface area contributed by atoms with Gasteiger partial charge in [-0.1, -0.05) is 24.7 Å². The van der Waals surface area contributed by atoms with Crippen LogP contribution in [0.15, 0.2) is 3.92 Å².